The van der Waals surface area contributed by atoms with Crippen molar-refractivity contribution in [3.8, 4) is 11.3 Å². The number of hydrogen-bond donors (Lipinski definition) is 3. The molecule has 6 rings (SSSR count). The fraction of sp³-hybridized carbons (Fsp3) is 0.320. The molecule has 0 atom stereocenters. The fourth-order valence-electron chi connectivity index (χ4n) is 4.75. The van der Waals surface area contributed by atoms with Crippen molar-refractivity contribution in [3.05, 3.63) is 60.0 Å². The number of rotatable bonds is 8. The maximum absolute atomic E-state index is 4.48. The number of fused-ring (bicyclic) bond motifs is 2. The zero-order valence-electron chi connectivity index (χ0n) is 18.9. The summed E-state index contributed by atoms with van der Waals surface area (Å²) < 4.78 is 1.92. The van der Waals surface area contributed by atoms with Crippen LogP contribution in [0.15, 0.2) is 48.8 Å². The van der Waals surface area contributed by atoms with Gasteiger partial charge in [-0.2, -0.15) is 5.10 Å². The number of nitrogens with one attached hydrogen (secondary N) is 3. The van der Waals surface area contributed by atoms with E-state index in [1.54, 1.807) is 0 Å². The van der Waals surface area contributed by atoms with Crippen LogP contribution in [-0.2, 0) is 13.1 Å². The molecule has 0 unspecified atom stereocenters. The standard InChI is InChI=1S/C25H29N7Si/c1-33-20-9-21(22-13-27-29-24(22)10-20)25-15-32(31-30-25)14-17-5-6-18-8-19(28-23(18)7-17)12-26-11-16-3-2-4-16/h5-10,13,15-16,26,28H,2-4,11-12,14,33H2,1H3,(H,27,29). The van der Waals surface area contributed by atoms with E-state index in [1.165, 1.54) is 46.6 Å². The molecule has 3 heterocycles. The molecule has 168 valence electrons. The van der Waals surface area contributed by atoms with Crippen LogP contribution in [0.25, 0.3) is 33.1 Å². The molecule has 0 radical (unpaired) electrons. The summed E-state index contributed by atoms with van der Waals surface area (Å²) in [6.07, 6.45) is 8.08. The van der Waals surface area contributed by atoms with Gasteiger partial charge in [0.2, 0.25) is 0 Å². The molecule has 3 N–H and O–H groups in total. The van der Waals surface area contributed by atoms with Crippen LogP contribution in [0, 0.1) is 5.92 Å². The second-order valence-corrected chi connectivity index (χ2v) is 10.8. The van der Waals surface area contributed by atoms with Gasteiger partial charge in [-0.3, -0.25) is 5.10 Å². The monoisotopic (exact) mass is 455 g/mol. The van der Waals surface area contributed by atoms with Crippen molar-refractivity contribution in [1.82, 2.24) is 35.5 Å². The molecule has 1 fully saturated rings. The fourth-order valence-corrected chi connectivity index (χ4v) is 5.57. The summed E-state index contributed by atoms with van der Waals surface area (Å²) in [5.74, 6) is 0.879. The summed E-state index contributed by atoms with van der Waals surface area (Å²) in [6, 6.07) is 13.3. The molecule has 8 heteroatoms. The predicted octanol–water partition coefficient (Wildman–Crippen LogP) is 3.08. The Morgan fingerprint density at radius 2 is 2.09 bits per heavy atom. The highest BCUT2D eigenvalue weighted by Gasteiger charge is 2.16. The van der Waals surface area contributed by atoms with Gasteiger partial charge in [-0.05, 0) is 54.5 Å². The first-order chi connectivity index (χ1) is 16.2. The molecule has 1 aliphatic rings. The predicted molar refractivity (Wildman–Crippen MR) is 136 cm³/mol. The van der Waals surface area contributed by atoms with Gasteiger partial charge >= 0.3 is 0 Å². The lowest BCUT2D eigenvalue weighted by atomic mass is 9.85. The molecule has 3 aromatic heterocycles. The smallest absolute Gasteiger partial charge is 0.113 e. The molecule has 0 spiro atoms. The number of benzene rings is 2. The molecule has 0 aliphatic heterocycles. The molecule has 7 nitrogen and oxygen atoms in total. The van der Waals surface area contributed by atoms with Gasteiger partial charge in [-0.25, -0.2) is 4.68 Å². The van der Waals surface area contributed by atoms with Crippen molar-refractivity contribution in [3.63, 3.8) is 0 Å². The van der Waals surface area contributed by atoms with Crippen LogP contribution in [0.5, 0.6) is 0 Å². The summed E-state index contributed by atoms with van der Waals surface area (Å²) >= 11 is 0. The molecule has 0 amide bonds. The van der Waals surface area contributed by atoms with Crippen LogP contribution in [0.3, 0.4) is 0 Å². The van der Waals surface area contributed by atoms with E-state index in [4.69, 9.17) is 0 Å². The summed E-state index contributed by atoms with van der Waals surface area (Å²) in [5, 5.41) is 23.6. The van der Waals surface area contributed by atoms with Crippen LogP contribution in [0.1, 0.15) is 30.5 Å². The van der Waals surface area contributed by atoms with Crippen LogP contribution < -0.4 is 10.5 Å². The highest BCUT2D eigenvalue weighted by atomic mass is 28.2. The summed E-state index contributed by atoms with van der Waals surface area (Å²) in [5.41, 5.74) is 6.70. The minimum Gasteiger partial charge on any atom is -0.357 e. The molecule has 1 saturated carbocycles. The van der Waals surface area contributed by atoms with Crippen molar-refractivity contribution in [2.24, 2.45) is 5.92 Å². The average molecular weight is 456 g/mol. The molecule has 5 aromatic rings. The van der Waals surface area contributed by atoms with Crippen LogP contribution in [-0.4, -0.2) is 46.2 Å². The molecular weight excluding hydrogens is 426 g/mol. The quantitative estimate of drug-likeness (QED) is 0.314. The van der Waals surface area contributed by atoms with Crippen LogP contribution in [0.4, 0.5) is 0 Å². The zero-order valence-corrected chi connectivity index (χ0v) is 20.3. The van der Waals surface area contributed by atoms with E-state index < -0.39 is 0 Å². The SMILES string of the molecule is C[SiH2]c1cc(-c2cn(Cc3ccc4cc(CNCC5CCC5)[nH]c4c3)nn2)c2cn[nH]c2c1. The summed E-state index contributed by atoms with van der Waals surface area (Å²) in [7, 11) is -0.279. The Bertz CT molecular complexity index is 1410. The Kier molecular flexibility index (Phi) is 5.31. The Hall–Kier alpha value is -3.23. The summed E-state index contributed by atoms with van der Waals surface area (Å²) in [4.78, 5) is 3.58. The third-order valence-electron chi connectivity index (χ3n) is 6.90. The third kappa shape index (κ3) is 4.12. The number of nitrogens with zero attached hydrogens (tertiary/aromatic N) is 4. The highest BCUT2D eigenvalue weighted by molar-refractivity contribution is 6.52. The van der Waals surface area contributed by atoms with E-state index in [1.807, 2.05) is 17.1 Å². The van der Waals surface area contributed by atoms with Gasteiger partial charge in [0.25, 0.3) is 0 Å². The molecule has 1 aliphatic carbocycles. The van der Waals surface area contributed by atoms with E-state index in [2.05, 4.69) is 73.8 Å². The van der Waals surface area contributed by atoms with Gasteiger partial charge < -0.3 is 10.3 Å². The van der Waals surface area contributed by atoms with Crippen molar-refractivity contribution >= 4 is 36.5 Å². The van der Waals surface area contributed by atoms with Crippen LogP contribution in [0.2, 0.25) is 6.55 Å². The number of aromatic amines is 2. The van der Waals surface area contributed by atoms with Gasteiger partial charge in [-0.15, -0.1) is 5.10 Å². The highest BCUT2D eigenvalue weighted by Crippen LogP contribution is 2.26. The van der Waals surface area contributed by atoms with Gasteiger partial charge in [-0.1, -0.05) is 41.6 Å². The second-order valence-electron chi connectivity index (χ2n) is 9.27. The van der Waals surface area contributed by atoms with E-state index in [9.17, 15) is 0 Å². The topological polar surface area (TPSA) is 87.2 Å². The second kappa shape index (κ2) is 8.61. The maximum Gasteiger partial charge on any atom is 0.113 e. The Balaban J connectivity index is 1.19. The van der Waals surface area contributed by atoms with Crippen molar-refractivity contribution in [2.45, 2.75) is 38.9 Å². The molecule has 0 saturated heterocycles. The first-order valence-corrected chi connectivity index (χ1v) is 14.0. The largest absolute Gasteiger partial charge is 0.357 e. The van der Waals surface area contributed by atoms with Crippen molar-refractivity contribution in [2.75, 3.05) is 6.54 Å². The number of aromatic nitrogens is 6. The molecular formula is C25H29N7Si. The van der Waals surface area contributed by atoms with E-state index in [0.717, 1.165) is 41.2 Å². The third-order valence-corrected chi connectivity index (χ3v) is 8.13. The first-order valence-electron chi connectivity index (χ1n) is 11.9. The minimum absolute atomic E-state index is 0.279. The van der Waals surface area contributed by atoms with Crippen LogP contribution >= 0.6 is 0 Å². The first kappa shape index (κ1) is 20.4. The van der Waals surface area contributed by atoms with E-state index in [0.29, 0.717) is 6.54 Å². The Labute approximate surface area is 194 Å². The van der Waals surface area contributed by atoms with Gasteiger partial charge in [0, 0.05) is 28.7 Å². The van der Waals surface area contributed by atoms with E-state index in [-0.39, 0.29) is 9.52 Å². The van der Waals surface area contributed by atoms with Crippen molar-refractivity contribution < 1.29 is 0 Å². The minimum atomic E-state index is -0.279. The lowest BCUT2D eigenvalue weighted by molar-refractivity contribution is 0.301. The maximum atomic E-state index is 4.48. The number of hydrogen-bond acceptors (Lipinski definition) is 4. The number of H-pyrrole nitrogens is 2. The molecule has 0 bridgehead atoms. The molecule has 2 aromatic carbocycles. The van der Waals surface area contributed by atoms with Gasteiger partial charge in [0.1, 0.15) is 5.69 Å². The average Bonchev–Trinajstić information content (AvgIpc) is 3.53. The molecule has 33 heavy (non-hydrogen) atoms. The van der Waals surface area contributed by atoms with E-state index >= 15 is 0 Å². The Morgan fingerprint density at radius 1 is 1.15 bits per heavy atom. The van der Waals surface area contributed by atoms with Gasteiger partial charge in [0.05, 0.1) is 34.0 Å². The summed E-state index contributed by atoms with van der Waals surface area (Å²) in [6.45, 7) is 5.01. The van der Waals surface area contributed by atoms with Gasteiger partial charge in [0.15, 0.2) is 0 Å². The normalized spacial score (nSPS) is 14.7. The lowest BCUT2D eigenvalue weighted by Gasteiger charge is -2.25. The lowest BCUT2D eigenvalue weighted by Crippen LogP contribution is -2.26. The Morgan fingerprint density at radius 3 is 2.94 bits per heavy atom. The zero-order chi connectivity index (χ0) is 22.2. The van der Waals surface area contributed by atoms with Crippen molar-refractivity contribution in [1.29, 1.82) is 0 Å².